The van der Waals surface area contributed by atoms with Gasteiger partial charge in [0.2, 0.25) is 0 Å². The molecule has 0 rings (SSSR count). The van der Waals surface area contributed by atoms with E-state index in [-0.39, 0.29) is 5.97 Å². The minimum absolute atomic E-state index is 0.249. The second kappa shape index (κ2) is 11.2. The van der Waals surface area contributed by atoms with Gasteiger partial charge in [0.1, 0.15) is 0 Å². The molecule has 5 heteroatoms. The Morgan fingerprint density at radius 3 is 2.61 bits per heavy atom. The van der Waals surface area contributed by atoms with Gasteiger partial charge in [0.25, 0.3) is 0 Å². The highest BCUT2D eigenvalue weighted by Crippen LogP contribution is 2.01. The lowest BCUT2D eigenvalue weighted by Crippen LogP contribution is -2.23. The normalized spacial score (nSPS) is 11.9. The predicted molar refractivity (Wildman–Crippen MR) is 72.6 cm³/mol. The third kappa shape index (κ3) is 9.15. The van der Waals surface area contributed by atoms with Crippen LogP contribution in [0.5, 0.6) is 0 Å². The van der Waals surface area contributed by atoms with Crippen LogP contribution in [0.3, 0.4) is 0 Å². The van der Waals surface area contributed by atoms with Crippen LogP contribution >= 0.6 is 0 Å². The van der Waals surface area contributed by atoms with Crippen molar-refractivity contribution in [2.45, 2.75) is 13.3 Å². The topological polar surface area (TPSA) is 50.8 Å². The first-order valence-electron chi connectivity index (χ1n) is 6.32. The molecule has 0 aromatic carbocycles. The molecule has 5 nitrogen and oxygen atoms in total. The molecule has 0 aromatic rings. The molecule has 0 bridgehead atoms. The van der Waals surface area contributed by atoms with Crippen LogP contribution in [0.2, 0.25) is 0 Å². The number of ether oxygens (including phenoxy) is 2. The predicted octanol–water partition coefficient (Wildman–Crippen LogP) is 0.664. The van der Waals surface area contributed by atoms with Crippen molar-refractivity contribution in [1.29, 1.82) is 0 Å². The highest BCUT2D eigenvalue weighted by Gasteiger charge is 2.05. The second-order valence-corrected chi connectivity index (χ2v) is 4.19. The summed E-state index contributed by atoms with van der Waals surface area (Å²) in [7, 11) is 5.44. The molecule has 0 heterocycles. The van der Waals surface area contributed by atoms with Gasteiger partial charge in [-0.2, -0.15) is 0 Å². The number of nitrogens with one attached hydrogen (secondary N) is 1. The van der Waals surface area contributed by atoms with E-state index in [0.717, 1.165) is 19.7 Å². The lowest BCUT2D eigenvalue weighted by Gasteiger charge is -2.09. The van der Waals surface area contributed by atoms with E-state index in [1.54, 1.807) is 0 Å². The van der Waals surface area contributed by atoms with Gasteiger partial charge >= 0.3 is 5.97 Å². The highest BCUT2D eigenvalue weighted by atomic mass is 16.5. The van der Waals surface area contributed by atoms with Crippen molar-refractivity contribution >= 4 is 5.97 Å². The standard InChI is InChI=1S/C13H26N2O3/c1-5-12(13(16)17-4)6-7-14-8-10-18-11-9-15(2)3/h6,14H,5,7-11H2,1-4H3. The molecule has 0 atom stereocenters. The summed E-state index contributed by atoms with van der Waals surface area (Å²) in [6.07, 6.45) is 2.55. The largest absolute Gasteiger partial charge is 0.466 e. The van der Waals surface area contributed by atoms with Crippen molar-refractivity contribution in [2.24, 2.45) is 0 Å². The first-order valence-corrected chi connectivity index (χ1v) is 6.32. The Morgan fingerprint density at radius 1 is 1.33 bits per heavy atom. The molecule has 0 aliphatic rings. The summed E-state index contributed by atoms with van der Waals surface area (Å²) in [5.74, 6) is -0.249. The fourth-order valence-corrected chi connectivity index (χ4v) is 1.29. The van der Waals surface area contributed by atoms with Crippen molar-refractivity contribution < 1.29 is 14.3 Å². The SMILES string of the molecule is CCC(=CCNCCOCCN(C)C)C(=O)OC. The third-order valence-electron chi connectivity index (χ3n) is 2.43. The number of nitrogens with zero attached hydrogens (tertiary/aromatic N) is 1. The number of carbonyl (C=O) groups excluding carboxylic acids is 1. The summed E-state index contributed by atoms with van der Waals surface area (Å²) < 4.78 is 10.1. The number of likely N-dealkylation sites (N-methyl/N-ethyl adjacent to an activating group) is 1. The number of hydrogen-bond acceptors (Lipinski definition) is 5. The minimum Gasteiger partial charge on any atom is -0.466 e. The minimum atomic E-state index is -0.249. The zero-order valence-corrected chi connectivity index (χ0v) is 12.0. The van der Waals surface area contributed by atoms with Crippen LogP contribution in [0, 0.1) is 0 Å². The number of methoxy groups -OCH3 is 1. The molecule has 18 heavy (non-hydrogen) atoms. The number of carbonyl (C=O) groups is 1. The molecular formula is C13H26N2O3. The highest BCUT2D eigenvalue weighted by molar-refractivity contribution is 5.88. The van der Waals surface area contributed by atoms with E-state index in [1.165, 1.54) is 7.11 Å². The average molecular weight is 258 g/mol. The van der Waals surface area contributed by atoms with Crippen molar-refractivity contribution in [1.82, 2.24) is 10.2 Å². The molecule has 0 aliphatic heterocycles. The van der Waals surface area contributed by atoms with Gasteiger partial charge in [-0.15, -0.1) is 0 Å². The van der Waals surface area contributed by atoms with Crippen molar-refractivity contribution in [3.63, 3.8) is 0 Å². The molecule has 0 saturated heterocycles. The van der Waals surface area contributed by atoms with Gasteiger partial charge in [-0.1, -0.05) is 13.0 Å². The first kappa shape index (κ1) is 17.1. The number of esters is 1. The molecule has 0 fully saturated rings. The zero-order chi connectivity index (χ0) is 13.8. The van der Waals surface area contributed by atoms with E-state index in [1.807, 2.05) is 27.1 Å². The van der Waals surface area contributed by atoms with E-state index < -0.39 is 0 Å². The Balaban J connectivity index is 3.54. The fraction of sp³-hybridized carbons (Fsp3) is 0.769. The summed E-state index contributed by atoms with van der Waals surface area (Å²) in [5.41, 5.74) is 0.707. The van der Waals surface area contributed by atoms with Crippen molar-refractivity contribution in [2.75, 3.05) is 54.1 Å². The van der Waals surface area contributed by atoms with Gasteiger partial charge in [0.15, 0.2) is 0 Å². The molecule has 1 N–H and O–H groups in total. The van der Waals surface area contributed by atoms with Crippen LogP contribution in [0.15, 0.2) is 11.6 Å². The molecule has 0 saturated carbocycles. The van der Waals surface area contributed by atoms with Crippen molar-refractivity contribution in [3.05, 3.63) is 11.6 Å². The summed E-state index contributed by atoms with van der Waals surface area (Å²) >= 11 is 0. The number of rotatable bonds is 10. The molecule has 0 aromatic heterocycles. The Hall–Kier alpha value is -0.910. The Kier molecular flexibility index (Phi) is 10.6. The third-order valence-corrected chi connectivity index (χ3v) is 2.43. The number of hydrogen-bond donors (Lipinski definition) is 1. The van der Waals surface area contributed by atoms with Crippen molar-refractivity contribution in [3.8, 4) is 0 Å². The lowest BCUT2D eigenvalue weighted by molar-refractivity contribution is -0.136. The smallest absolute Gasteiger partial charge is 0.333 e. The molecule has 0 unspecified atom stereocenters. The van der Waals surface area contributed by atoms with E-state index in [9.17, 15) is 4.79 Å². The fourth-order valence-electron chi connectivity index (χ4n) is 1.29. The maximum atomic E-state index is 11.3. The first-order chi connectivity index (χ1) is 8.61. The van der Waals surface area contributed by atoms with Crippen LogP contribution in [0.1, 0.15) is 13.3 Å². The van der Waals surface area contributed by atoms with Crippen LogP contribution in [0.4, 0.5) is 0 Å². The lowest BCUT2D eigenvalue weighted by atomic mass is 10.2. The molecule has 0 amide bonds. The average Bonchev–Trinajstić information content (AvgIpc) is 2.36. The quantitative estimate of drug-likeness (QED) is 0.354. The van der Waals surface area contributed by atoms with Gasteiger partial charge in [-0.05, 0) is 20.5 Å². The summed E-state index contributed by atoms with van der Waals surface area (Å²) in [6, 6.07) is 0. The van der Waals surface area contributed by atoms with Gasteiger partial charge < -0.3 is 19.7 Å². The Bertz CT molecular complexity index is 253. The van der Waals surface area contributed by atoms with E-state index in [0.29, 0.717) is 25.1 Å². The molecule has 0 radical (unpaired) electrons. The maximum Gasteiger partial charge on any atom is 0.333 e. The van der Waals surface area contributed by atoms with Crippen LogP contribution in [-0.4, -0.2) is 64.9 Å². The zero-order valence-electron chi connectivity index (χ0n) is 12.0. The van der Waals surface area contributed by atoms with Gasteiger partial charge in [-0.3, -0.25) is 0 Å². The summed E-state index contributed by atoms with van der Waals surface area (Å²) in [6.45, 7) is 5.74. The summed E-state index contributed by atoms with van der Waals surface area (Å²) in [5, 5.41) is 3.19. The summed E-state index contributed by atoms with van der Waals surface area (Å²) in [4.78, 5) is 13.3. The van der Waals surface area contributed by atoms with Crippen LogP contribution in [0.25, 0.3) is 0 Å². The molecular weight excluding hydrogens is 232 g/mol. The molecule has 106 valence electrons. The van der Waals surface area contributed by atoms with Gasteiger partial charge in [-0.25, -0.2) is 4.79 Å². The second-order valence-electron chi connectivity index (χ2n) is 4.19. The van der Waals surface area contributed by atoms with E-state index in [4.69, 9.17) is 4.74 Å². The monoisotopic (exact) mass is 258 g/mol. The maximum absolute atomic E-state index is 11.3. The molecule has 0 spiro atoms. The van der Waals surface area contributed by atoms with E-state index >= 15 is 0 Å². The Labute approximate surface area is 110 Å². The van der Waals surface area contributed by atoms with Crippen LogP contribution in [-0.2, 0) is 14.3 Å². The van der Waals surface area contributed by atoms with Crippen LogP contribution < -0.4 is 5.32 Å². The van der Waals surface area contributed by atoms with E-state index in [2.05, 4.69) is 15.0 Å². The molecule has 0 aliphatic carbocycles. The van der Waals surface area contributed by atoms with Gasteiger partial charge in [0, 0.05) is 25.2 Å². The van der Waals surface area contributed by atoms with Gasteiger partial charge in [0.05, 0.1) is 20.3 Å². The Morgan fingerprint density at radius 2 is 2.06 bits per heavy atom.